The van der Waals surface area contributed by atoms with Crippen LogP contribution in [0.2, 0.25) is 0 Å². The van der Waals surface area contributed by atoms with Gasteiger partial charge in [-0.2, -0.15) is 5.10 Å². The highest BCUT2D eigenvalue weighted by molar-refractivity contribution is 7.13. The summed E-state index contributed by atoms with van der Waals surface area (Å²) in [6, 6.07) is 11.6. The van der Waals surface area contributed by atoms with Gasteiger partial charge in [0.15, 0.2) is 0 Å². The third-order valence-electron chi connectivity index (χ3n) is 4.85. The summed E-state index contributed by atoms with van der Waals surface area (Å²) in [6.07, 6.45) is 3.36. The molecule has 7 nitrogen and oxygen atoms in total. The molecule has 154 valence electrons. The molecule has 8 heteroatoms. The van der Waals surface area contributed by atoms with Gasteiger partial charge in [0.1, 0.15) is 6.26 Å². The Labute approximate surface area is 178 Å². The van der Waals surface area contributed by atoms with Crippen LogP contribution in [0.25, 0.3) is 16.5 Å². The van der Waals surface area contributed by atoms with E-state index in [1.54, 1.807) is 23.8 Å². The van der Waals surface area contributed by atoms with E-state index in [1.165, 1.54) is 5.56 Å². The Kier molecular flexibility index (Phi) is 5.67. The van der Waals surface area contributed by atoms with Crippen LogP contribution in [-0.2, 0) is 6.54 Å². The zero-order valence-corrected chi connectivity index (χ0v) is 17.9. The van der Waals surface area contributed by atoms with E-state index >= 15 is 0 Å². The topological polar surface area (TPSA) is 85.0 Å². The number of aromatic nitrogens is 3. The molecule has 4 rings (SSSR count). The van der Waals surface area contributed by atoms with Gasteiger partial charge in [0, 0.05) is 11.3 Å². The van der Waals surface area contributed by atoms with E-state index in [0.29, 0.717) is 11.6 Å². The number of hydrogen-bond donors (Lipinski definition) is 2. The molecular formula is C22H23N5O2S. The van der Waals surface area contributed by atoms with Crippen LogP contribution in [-0.4, -0.2) is 20.8 Å². The number of nitrogens with one attached hydrogen (secondary N) is 2. The average Bonchev–Trinajstić information content (AvgIpc) is 3.48. The van der Waals surface area contributed by atoms with Gasteiger partial charge in [0.25, 0.3) is 0 Å². The maximum absolute atomic E-state index is 12.4. The van der Waals surface area contributed by atoms with E-state index in [2.05, 4.69) is 39.8 Å². The Morgan fingerprint density at radius 1 is 1.23 bits per heavy atom. The van der Waals surface area contributed by atoms with Crippen LogP contribution in [0.15, 0.2) is 58.7 Å². The standard InChI is InChI=1S/C22H23N5O2S/c1-14-6-8-18(9-7-14)27-16(3)19(12-24-27)15(2)25-22(28)23-11-17-13-29-21(26-17)20-5-4-10-30-20/h4-10,12-13,15H,11H2,1-3H3,(H2,23,25,28)/t15-/m1/s1. The van der Waals surface area contributed by atoms with Gasteiger partial charge < -0.3 is 15.1 Å². The summed E-state index contributed by atoms with van der Waals surface area (Å²) in [4.78, 5) is 17.7. The third kappa shape index (κ3) is 4.28. The van der Waals surface area contributed by atoms with Crippen molar-refractivity contribution in [1.29, 1.82) is 0 Å². The lowest BCUT2D eigenvalue weighted by Crippen LogP contribution is -2.36. The Morgan fingerprint density at radius 2 is 2.03 bits per heavy atom. The van der Waals surface area contributed by atoms with Crippen molar-refractivity contribution in [2.45, 2.75) is 33.4 Å². The normalized spacial score (nSPS) is 12.0. The number of thiophene rings is 1. The van der Waals surface area contributed by atoms with Gasteiger partial charge in [-0.05, 0) is 44.4 Å². The first-order valence-corrected chi connectivity index (χ1v) is 10.5. The van der Waals surface area contributed by atoms with E-state index in [0.717, 1.165) is 21.8 Å². The molecule has 0 fully saturated rings. The number of oxazole rings is 1. The molecule has 0 unspecified atom stereocenters. The lowest BCUT2D eigenvalue weighted by atomic mass is 10.1. The van der Waals surface area contributed by atoms with Crippen LogP contribution in [0.5, 0.6) is 0 Å². The minimum atomic E-state index is -0.273. The summed E-state index contributed by atoms with van der Waals surface area (Å²) in [7, 11) is 0. The van der Waals surface area contributed by atoms with E-state index < -0.39 is 0 Å². The van der Waals surface area contributed by atoms with Crippen LogP contribution in [0.3, 0.4) is 0 Å². The maximum atomic E-state index is 12.4. The van der Waals surface area contributed by atoms with E-state index in [-0.39, 0.29) is 18.6 Å². The first kappa shape index (κ1) is 19.9. The largest absolute Gasteiger partial charge is 0.443 e. The summed E-state index contributed by atoms with van der Waals surface area (Å²) in [5.41, 5.74) is 4.82. The summed E-state index contributed by atoms with van der Waals surface area (Å²) >= 11 is 1.56. The van der Waals surface area contributed by atoms with E-state index in [4.69, 9.17) is 4.42 Å². The molecule has 3 aromatic heterocycles. The summed E-state index contributed by atoms with van der Waals surface area (Å²) in [5.74, 6) is 0.565. The Bertz CT molecular complexity index is 1130. The van der Waals surface area contributed by atoms with Gasteiger partial charge in [-0.15, -0.1) is 11.3 Å². The molecule has 1 atom stereocenters. The molecule has 0 radical (unpaired) electrons. The van der Waals surface area contributed by atoms with Crippen LogP contribution >= 0.6 is 11.3 Å². The molecule has 0 aliphatic rings. The third-order valence-corrected chi connectivity index (χ3v) is 5.71. The van der Waals surface area contributed by atoms with Crippen LogP contribution in [0.1, 0.15) is 35.5 Å². The number of nitrogens with zero attached hydrogens (tertiary/aromatic N) is 3. The molecule has 0 aliphatic heterocycles. The molecule has 0 saturated carbocycles. The number of aryl methyl sites for hydroxylation is 1. The maximum Gasteiger partial charge on any atom is 0.315 e. The highest BCUT2D eigenvalue weighted by Gasteiger charge is 2.17. The summed E-state index contributed by atoms with van der Waals surface area (Å²) in [6.45, 7) is 6.28. The second kappa shape index (κ2) is 8.54. The van der Waals surface area contributed by atoms with Gasteiger partial charge in [-0.3, -0.25) is 0 Å². The molecular weight excluding hydrogens is 398 g/mol. The Hall–Kier alpha value is -3.39. The van der Waals surface area contributed by atoms with Crippen LogP contribution in [0.4, 0.5) is 4.79 Å². The molecule has 30 heavy (non-hydrogen) atoms. The van der Waals surface area contributed by atoms with Crippen molar-refractivity contribution in [3.05, 3.63) is 76.8 Å². The van der Waals surface area contributed by atoms with E-state index in [1.807, 2.05) is 48.2 Å². The zero-order valence-electron chi connectivity index (χ0n) is 17.0. The second-order valence-electron chi connectivity index (χ2n) is 7.10. The van der Waals surface area contributed by atoms with Crippen molar-refractivity contribution >= 4 is 17.4 Å². The van der Waals surface area contributed by atoms with Crippen molar-refractivity contribution in [3.8, 4) is 16.5 Å². The quantitative estimate of drug-likeness (QED) is 0.470. The fourth-order valence-corrected chi connectivity index (χ4v) is 3.85. The van der Waals surface area contributed by atoms with Crippen molar-refractivity contribution in [1.82, 2.24) is 25.4 Å². The van der Waals surface area contributed by atoms with E-state index in [9.17, 15) is 4.79 Å². The minimum absolute atomic E-state index is 0.191. The number of amides is 2. The van der Waals surface area contributed by atoms with Gasteiger partial charge in [-0.1, -0.05) is 23.8 Å². The fraction of sp³-hybridized carbons (Fsp3) is 0.227. The lowest BCUT2D eigenvalue weighted by molar-refractivity contribution is 0.237. The van der Waals surface area contributed by atoms with Gasteiger partial charge in [0.05, 0.1) is 35.0 Å². The molecule has 3 heterocycles. The van der Waals surface area contributed by atoms with Gasteiger partial charge in [0.2, 0.25) is 5.89 Å². The second-order valence-corrected chi connectivity index (χ2v) is 8.05. The number of carbonyl (C=O) groups excluding carboxylic acids is 1. The van der Waals surface area contributed by atoms with Crippen molar-refractivity contribution in [2.75, 3.05) is 0 Å². The molecule has 1 aromatic carbocycles. The monoisotopic (exact) mass is 421 g/mol. The van der Waals surface area contributed by atoms with Gasteiger partial charge >= 0.3 is 6.03 Å². The first-order chi connectivity index (χ1) is 14.5. The molecule has 2 amide bonds. The Morgan fingerprint density at radius 3 is 2.77 bits per heavy atom. The molecule has 0 spiro atoms. The predicted molar refractivity (Wildman–Crippen MR) is 117 cm³/mol. The van der Waals surface area contributed by atoms with Gasteiger partial charge in [-0.25, -0.2) is 14.5 Å². The average molecular weight is 422 g/mol. The molecule has 4 aromatic rings. The number of carbonyl (C=O) groups is 1. The molecule has 0 bridgehead atoms. The number of benzene rings is 1. The smallest absolute Gasteiger partial charge is 0.315 e. The highest BCUT2D eigenvalue weighted by Crippen LogP contribution is 2.23. The highest BCUT2D eigenvalue weighted by atomic mass is 32.1. The van der Waals surface area contributed by atoms with Crippen molar-refractivity contribution in [2.24, 2.45) is 0 Å². The van der Waals surface area contributed by atoms with Crippen molar-refractivity contribution < 1.29 is 9.21 Å². The number of rotatable bonds is 6. The summed E-state index contributed by atoms with van der Waals surface area (Å²) in [5, 5.41) is 12.2. The number of hydrogen-bond acceptors (Lipinski definition) is 5. The lowest BCUT2D eigenvalue weighted by Gasteiger charge is -2.14. The predicted octanol–water partition coefficient (Wildman–Crippen LogP) is 4.77. The number of urea groups is 1. The molecule has 0 saturated heterocycles. The molecule has 2 N–H and O–H groups in total. The SMILES string of the molecule is Cc1ccc(-n2ncc([C@@H](C)NC(=O)NCc3coc(-c4cccs4)n3)c2C)cc1. The van der Waals surface area contributed by atoms with Crippen LogP contribution in [0, 0.1) is 13.8 Å². The van der Waals surface area contributed by atoms with Crippen molar-refractivity contribution in [3.63, 3.8) is 0 Å². The summed E-state index contributed by atoms with van der Waals surface area (Å²) < 4.78 is 7.36. The Balaban J connectivity index is 1.35. The fourth-order valence-electron chi connectivity index (χ4n) is 3.19. The first-order valence-electron chi connectivity index (χ1n) is 9.65. The minimum Gasteiger partial charge on any atom is -0.443 e. The molecule has 0 aliphatic carbocycles. The van der Waals surface area contributed by atoms with Crippen LogP contribution < -0.4 is 10.6 Å². The zero-order chi connectivity index (χ0) is 21.1.